The molecule has 0 spiro atoms. The van der Waals surface area contributed by atoms with Crippen molar-refractivity contribution in [2.75, 3.05) is 14.2 Å². The van der Waals surface area contributed by atoms with Crippen LogP contribution in [-0.4, -0.2) is 24.2 Å². The summed E-state index contributed by atoms with van der Waals surface area (Å²) in [5.74, 6) is 1.44. The van der Waals surface area contributed by atoms with Gasteiger partial charge in [0.15, 0.2) is 0 Å². The van der Waals surface area contributed by atoms with E-state index < -0.39 is 0 Å². The zero-order valence-corrected chi connectivity index (χ0v) is 11.1. The number of para-hydroxylation sites is 1. The van der Waals surface area contributed by atoms with E-state index in [1.54, 1.807) is 20.3 Å². The maximum atomic E-state index is 5.31. The van der Waals surface area contributed by atoms with Gasteiger partial charge in [-0.1, -0.05) is 24.4 Å². The first kappa shape index (κ1) is 12.7. The highest BCUT2D eigenvalue weighted by atomic mass is 32.1. The summed E-state index contributed by atoms with van der Waals surface area (Å²) in [6.07, 6.45) is 0. The van der Waals surface area contributed by atoms with Crippen molar-refractivity contribution in [1.29, 1.82) is 0 Å². The summed E-state index contributed by atoms with van der Waals surface area (Å²) in [5, 5.41) is 0. The molecule has 1 aromatic carbocycles. The number of H-pyrrole nitrogens is 1. The standard InChI is InChI=1S/C13H14N2O2S/c1-16-8-9-7-12(18)15-13(14-9)10-5-3-4-6-11(10)17-2/h3-7H,8H2,1-2H3,(H,14,15,18). The molecule has 4 nitrogen and oxygen atoms in total. The van der Waals surface area contributed by atoms with Crippen LogP contribution in [0.4, 0.5) is 0 Å². The van der Waals surface area contributed by atoms with Gasteiger partial charge < -0.3 is 14.5 Å². The lowest BCUT2D eigenvalue weighted by Gasteiger charge is -2.09. The van der Waals surface area contributed by atoms with Gasteiger partial charge in [0.25, 0.3) is 0 Å². The Hall–Kier alpha value is -1.72. The third-order valence-electron chi connectivity index (χ3n) is 2.46. The van der Waals surface area contributed by atoms with Crippen LogP contribution >= 0.6 is 12.2 Å². The number of ether oxygens (including phenoxy) is 2. The van der Waals surface area contributed by atoms with Crippen LogP contribution in [0.3, 0.4) is 0 Å². The summed E-state index contributed by atoms with van der Waals surface area (Å²) in [7, 11) is 3.27. The molecule has 0 aliphatic rings. The Balaban J connectivity index is 2.53. The average Bonchev–Trinajstić information content (AvgIpc) is 2.38. The molecule has 5 heteroatoms. The lowest BCUT2D eigenvalue weighted by Crippen LogP contribution is -1.98. The van der Waals surface area contributed by atoms with Crippen LogP contribution in [-0.2, 0) is 11.3 Å². The van der Waals surface area contributed by atoms with E-state index in [-0.39, 0.29) is 0 Å². The van der Waals surface area contributed by atoms with Crippen LogP contribution in [0.15, 0.2) is 30.3 Å². The van der Waals surface area contributed by atoms with Gasteiger partial charge in [-0.2, -0.15) is 0 Å². The Labute approximate surface area is 111 Å². The topological polar surface area (TPSA) is 47.1 Å². The summed E-state index contributed by atoms with van der Waals surface area (Å²) in [6, 6.07) is 9.45. The first-order valence-corrected chi connectivity index (χ1v) is 5.88. The highest BCUT2D eigenvalue weighted by molar-refractivity contribution is 7.71. The van der Waals surface area contributed by atoms with Gasteiger partial charge in [-0.3, -0.25) is 0 Å². The molecule has 0 amide bonds. The summed E-state index contributed by atoms with van der Waals surface area (Å²) >= 11 is 5.15. The first-order chi connectivity index (χ1) is 8.74. The molecule has 0 radical (unpaired) electrons. The van der Waals surface area contributed by atoms with Crippen molar-refractivity contribution in [3.63, 3.8) is 0 Å². The van der Waals surface area contributed by atoms with Gasteiger partial charge in [-0.05, 0) is 18.2 Å². The van der Waals surface area contributed by atoms with Crippen molar-refractivity contribution in [3.8, 4) is 17.1 Å². The Morgan fingerprint density at radius 2 is 2.06 bits per heavy atom. The van der Waals surface area contributed by atoms with Crippen molar-refractivity contribution >= 4 is 12.2 Å². The number of hydrogen-bond donors (Lipinski definition) is 1. The fraction of sp³-hybridized carbons (Fsp3) is 0.231. The zero-order valence-electron chi connectivity index (χ0n) is 10.3. The number of methoxy groups -OCH3 is 2. The van der Waals surface area contributed by atoms with E-state index >= 15 is 0 Å². The first-order valence-electron chi connectivity index (χ1n) is 5.47. The molecule has 2 aromatic rings. The number of aromatic amines is 1. The fourth-order valence-electron chi connectivity index (χ4n) is 1.71. The molecular formula is C13H14N2O2S. The number of hydrogen-bond acceptors (Lipinski definition) is 4. The van der Waals surface area contributed by atoms with Gasteiger partial charge in [0.05, 0.1) is 19.3 Å². The highest BCUT2D eigenvalue weighted by Gasteiger charge is 2.07. The molecule has 1 aromatic heterocycles. The fourth-order valence-corrected chi connectivity index (χ4v) is 1.94. The molecule has 94 valence electrons. The maximum Gasteiger partial charge on any atom is 0.142 e. The summed E-state index contributed by atoms with van der Waals surface area (Å²) in [5.41, 5.74) is 1.77. The third kappa shape index (κ3) is 2.75. The molecule has 0 atom stereocenters. The Morgan fingerprint density at radius 1 is 1.28 bits per heavy atom. The Bertz CT molecular complexity index is 596. The van der Waals surface area contributed by atoms with Gasteiger partial charge in [-0.25, -0.2) is 4.98 Å². The van der Waals surface area contributed by atoms with Crippen molar-refractivity contribution in [1.82, 2.24) is 9.97 Å². The molecule has 0 aliphatic carbocycles. The second-order valence-electron chi connectivity index (χ2n) is 3.73. The van der Waals surface area contributed by atoms with Crippen LogP contribution in [0.1, 0.15) is 5.69 Å². The largest absolute Gasteiger partial charge is 0.496 e. The average molecular weight is 262 g/mol. The molecule has 1 heterocycles. The summed E-state index contributed by atoms with van der Waals surface area (Å²) < 4.78 is 10.9. The van der Waals surface area contributed by atoms with E-state index in [0.29, 0.717) is 17.1 Å². The number of nitrogens with one attached hydrogen (secondary N) is 1. The van der Waals surface area contributed by atoms with Crippen molar-refractivity contribution in [2.45, 2.75) is 6.61 Å². The van der Waals surface area contributed by atoms with E-state index in [4.69, 9.17) is 21.7 Å². The third-order valence-corrected chi connectivity index (χ3v) is 2.67. The molecule has 0 unspecified atom stereocenters. The van der Waals surface area contributed by atoms with Crippen LogP contribution in [0.2, 0.25) is 0 Å². The number of nitrogens with zero attached hydrogens (tertiary/aromatic N) is 1. The van der Waals surface area contributed by atoms with E-state index in [1.807, 2.05) is 24.3 Å². The Morgan fingerprint density at radius 3 is 2.78 bits per heavy atom. The molecule has 0 bridgehead atoms. The highest BCUT2D eigenvalue weighted by Crippen LogP contribution is 2.26. The number of benzene rings is 1. The van der Waals surface area contributed by atoms with E-state index in [1.165, 1.54) is 0 Å². The van der Waals surface area contributed by atoms with Gasteiger partial charge in [0.2, 0.25) is 0 Å². The molecule has 1 N–H and O–H groups in total. The SMILES string of the molecule is COCc1cc(=S)nc(-c2ccccc2OC)[nH]1. The molecule has 0 fully saturated rings. The minimum atomic E-state index is 0.467. The van der Waals surface area contributed by atoms with E-state index in [0.717, 1.165) is 17.0 Å². The molecular weight excluding hydrogens is 248 g/mol. The van der Waals surface area contributed by atoms with E-state index in [9.17, 15) is 0 Å². The predicted octanol–water partition coefficient (Wildman–Crippen LogP) is 2.96. The van der Waals surface area contributed by atoms with Crippen LogP contribution in [0, 0.1) is 4.64 Å². The predicted molar refractivity (Wildman–Crippen MR) is 72.1 cm³/mol. The van der Waals surface area contributed by atoms with Crippen LogP contribution in [0.5, 0.6) is 5.75 Å². The molecule has 0 saturated heterocycles. The van der Waals surface area contributed by atoms with Crippen molar-refractivity contribution in [3.05, 3.63) is 40.7 Å². The second kappa shape index (κ2) is 5.75. The Kier molecular flexibility index (Phi) is 4.07. The van der Waals surface area contributed by atoms with Gasteiger partial charge in [-0.15, -0.1) is 0 Å². The van der Waals surface area contributed by atoms with Crippen molar-refractivity contribution in [2.24, 2.45) is 0 Å². The normalized spacial score (nSPS) is 10.3. The summed E-state index contributed by atoms with van der Waals surface area (Å²) in [6.45, 7) is 0.467. The van der Waals surface area contributed by atoms with Gasteiger partial charge in [0.1, 0.15) is 16.2 Å². The van der Waals surface area contributed by atoms with E-state index in [2.05, 4.69) is 9.97 Å². The number of aromatic nitrogens is 2. The van der Waals surface area contributed by atoms with Gasteiger partial charge >= 0.3 is 0 Å². The summed E-state index contributed by atoms with van der Waals surface area (Å²) in [4.78, 5) is 7.51. The zero-order chi connectivity index (χ0) is 13.0. The molecule has 18 heavy (non-hydrogen) atoms. The quantitative estimate of drug-likeness (QED) is 0.861. The molecule has 0 aliphatic heterocycles. The van der Waals surface area contributed by atoms with Crippen LogP contribution < -0.4 is 4.74 Å². The second-order valence-corrected chi connectivity index (χ2v) is 4.14. The minimum Gasteiger partial charge on any atom is -0.496 e. The maximum absolute atomic E-state index is 5.31. The molecule has 0 saturated carbocycles. The monoisotopic (exact) mass is 262 g/mol. The number of rotatable bonds is 4. The minimum absolute atomic E-state index is 0.467. The van der Waals surface area contributed by atoms with Crippen LogP contribution in [0.25, 0.3) is 11.4 Å². The molecule has 2 rings (SSSR count). The smallest absolute Gasteiger partial charge is 0.142 e. The lowest BCUT2D eigenvalue weighted by atomic mass is 10.2. The van der Waals surface area contributed by atoms with Gasteiger partial charge in [0, 0.05) is 12.8 Å². The lowest BCUT2D eigenvalue weighted by molar-refractivity contribution is 0.181. The van der Waals surface area contributed by atoms with Crippen molar-refractivity contribution < 1.29 is 9.47 Å².